The van der Waals surface area contributed by atoms with Gasteiger partial charge in [0.05, 0.1) is 5.56 Å². The molecular weight excluding hydrogens is 449 g/mol. The number of carbonyl (C=O) groups is 1. The number of hydrogen-bond donors (Lipinski definition) is 1. The smallest absolute Gasteiger partial charge is 0.348 e. The third-order valence-electron chi connectivity index (χ3n) is 4.32. The van der Waals surface area contributed by atoms with Gasteiger partial charge >= 0.3 is 6.18 Å². The number of halogens is 4. The van der Waals surface area contributed by atoms with Crippen LogP contribution in [-0.4, -0.2) is 10.5 Å². The molecule has 0 aliphatic carbocycles. The highest BCUT2D eigenvalue weighted by atomic mass is 79.9. The van der Waals surface area contributed by atoms with Crippen molar-refractivity contribution < 1.29 is 18.0 Å². The summed E-state index contributed by atoms with van der Waals surface area (Å²) < 4.78 is 41.1. The van der Waals surface area contributed by atoms with E-state index in [1.807, 2.05) is 24.3 Å². The highest BCUT2D eigenvalue weighted by molar-refractivity contribution is 9.10. The maximum atomic E-state index is 13.0. The molecule has 0 aliphatic heterocycles. The normalized spacial score (nSPS) is 11.3. The van der Waals surface area contributed by atoms with Gasteiger partial charge in [-0.3, -0.25) is 14.2 Å². The monoisotopic (exact) mass is 464 g/mol. The molecule has 3 rings (SSSR count). The first-order chi connectivity index (χ1) is 13.7. The Morgan fingerprint density at radius 2 is 1.76 bits per heavy atom. The van der Waals surface area contributed by atoms with Crippen LogP contribution in [0.2, 0.25) is 0 Å². The fourth-order valence-electron chi connectivity index (χ4n) is 2.83. The topological polar surface area (TPSA) is 51.1 Å². The number of amides is 1. The lowest BCUT2D eigenvalue weighted by atomic mass is 10.1. The Morgan fingerprint density at radius 1 is 1.07 bits per heavy atom. The molecule has 0 saturated carbocycles. The lowest BCUT2D eigenvalue weighted by molar-refractivity contribution is -0.137. The predicted molar refractivity (Wildman–Crippen MR) is 107 cm³/mol. The van der Waals surface area contributed by atoms with Gasteiger partial charge in [-0.05, 0) is 55.0 Å². The highest BCUT2D eigenvalue weighted by Crippen LogP contribution is 2.30. The van der Waals surface area contributed by atoms with E-state index in [4.69, 9.17) is 0 Å². The Bertz CT molecular complexity index is 1110. The van der Waals surface area contributed by atoms with Crippen molar-refractivity contribution in [1.29, 1.82) is 0 Å². The molecule has 1 N–H and O–H groups in total. The van der Waals surface area contributed by atoms with E-state index < -0.39 is 23.2 Å². The molecule has 2 aromatic carbocycles. The molecule has 0 fully saturated rings. The summed E-state index contributed by atoms with van der Waals surface area (Å²) in [6.45, 7) is 1.80. The Kier molecular flexibility index (Phi) is 5.93. The maximum Gasteiger partial charge on any atom is 0.416 e. The summed E-state index contributed by atoms with van der Waals surface area (Å²) >= 11 is 3.32. The van der Waals surface area contributed by atoms with E-state index in [-0.39, 0.29) is 17.8 Å². The summed E-state index contributed by atoms with van der Waals surface area (Å²) in [5, 5.41) is 2.66. The first kappa shape index (κ1) is 20.9. The molecular formula is C21H16BrF3N2O2. The molecule has 29 heavy (non-hydrogen) atoms. The predicted octanol–water partition coefficient (Wildman–Crippen LogP) is 4.86. The maximum absolute atomic E-state index is 13.0. The van der Waals surface area contributed by atoms with Crippen molar-refractivity contribution in [2.45, 2.75) is 19.6 Å². The second kappa shape index (κ2) is 8.24. The number of hydrogen-bond acceptors (Lipinski definition) is 2. The fraction of sp³-hybridized carbons (Fsp3) is 0.143. The molecule has 150 valence electrons. The van der Waals surface area contributed by atoms with Crippen LogP contribution in [0, 0.1) is 6.92 Å². The zero-order valence-electron chi connectivity index (χ0n) is 15.3. The molecule has 0 saturated heterocycles. The van der Waals surface area contributed by atoms with Gasteiger partial charge in [-0.25, -0.2) is 0 Å². The fourth-order valence-corrected chi connectivity index (χ4v) is 3.09. The molecule has 1 aromatic heterocycles. The molecule has 3 aromatic rings. The van der Waals surface area contributed by atoms with Crippen LogP contribution in [0.15, 0.2) is 69.9 Å². The number of aryl methyl sites for hydroxylation is 1. The molecule has 4 nitrogen and oxygen atoms in total. The number of aromatic nitrogens is 1. The van der Waals surface area contributed by atoms with Gasteiger partial charge in [0.2, 0.25) is 0 Å². The molecule has 0 bridgehead atoms. The molecule has 0 atom stereocenters. The summed E-state index contributed by atoms with van der Waals surface area (Å²) in [6, 6.07) is 14.6. The van der Waals surface area contributed by atoms with Crippen LogP contribution in [0.5, 0.6) is 0 Å². The third-order valence-corrected chi connectivity index (χ3v) is 4.85. The molecule has 1 amide bonds. The van der Waals surface area contributed by atoms with E-state index in [1.54, 1.807) is 6.92 Å². The Hall–Kier alpha value is -2.87. The van der Waals surface area contributed by atoms with Gasteiger partial charge in [-0.15, -0.1) is 0 Å². The van der Waals surface area contributed by atoms with E-state index in [2.05, 4.69) is 21.2 Å². The van der Waals surface area contributed by atoms with Crippen LogP contribution in [0.3, 0.4) is 0 Å². The van der Waals surface area contributed by atoms with E-state index in [0.717, 1.165) is 26.7 Å². The van der Waals surface area contributed by atoms with Gasteiger partial charge in [0.15, 0.2) is 0 Å². The minimum Gasteiger partial charge on any atom is -0.348 e. The summed E-state index contributed by atoms with van der Waals surface area (Å²) in [5.41, 5.74) is -0.398. The van der Waals surface area contributed by atoms with Crippen molar-refractivity contribution in [3.05, 3.63) is 97.9 Å². The first-order valence-electron chi connectivity index (χ1n) is 8.60. The SMILES string of the molecule is Cc1ccc(C(=O)NCc2ccc(Br)cc2)c(=O)n1-c1cccc(C(F)(F)F)c1. The van der Waals surface area contributed by atoms with E-state index in [1.165, 1.54) is 24.3 Å². The third kappa shape index (κ3) is 4.76. The van der Waals surface area contributed by atoms with Crippen molar-refractivity contribution in [3.8, 4) is 5.69 Å². The van der Waals surface area contributed by atoms with Crippen LogP contribution in [-0.2, 0) is 12.7 Å². The average Bonchev–Trinajstić information content (AvgIpc) is 2.67. The summed E-state index contributed by atoms with van der Waals surface area (Å²) in [5.74, 6) is -0.598. The van der Waals surface area contributed by atoms with Crippen LogP contribution < -0.4 is 10.9 Å². The van der Waals surface area contributed by atoms with Crippen molar-refractivity contribution >= 4 is 21.8 Å². The van der Waals surface area contributed by atoms with Gasteiger partial charge < -0.3 is 5.32 Å². The molecule has 0 unspecified atom stereocenters. The second-order valence-electron chi connectivity index (χ2n) is 6.39. The van der Waals surface area contributed by atoms with Crippen molar-refractivity contribution in [1.82, 2.24) is 9.88 Å². The quantitative estimate of drug-likeness (QED) is 0.599. The van der Waals surface area contributed by atoms with Gasteiger partial charge in [0, 0.05) is 22.4 Å². The molecule has 0 radical (unpaired) electrons. The summed E-state index contributed by atoms with van der Waals surface area (Å²) in [4.78, 5) is 25.4. The van der Waals surface area contributed by atoms with Gasteiger partial charge in [0.1, 0.15) is 5.56 Å². The summed E-state index contributed by atoms with van der Waals surface area (Å²) in [7, 11) is 0. The van der Waals surface area contributed by atoms with Crippen LogP contribution in [0.4, 0.5) is 13.2 Å². The van der Waals surface area contributed by atoms with Crippen molar-refractivity contribution in [3.63, 3.8) is 0 Å². The van der Waals surface area contributed by atoms with Crippen LogP contribution >= 0.6 is 15.9 Å². The average molecular weight is 465 g/mol. The lowest BCUT2D eigenvalue weighted by Crippen LogP contribution is -2.33. The largest absolute Gasteiger partial charge is 0.416 e. The minimum atomic E-state index is -4.53. The van der Waals surface area contributed by atoms with Crippen LogP contribution in [0.1, 0.15) is 27.2 Å². The van der Waals surface area contributed by atoms with E-state index >= 15 is 0 Å². The Labute approximate surface area is 173 Å². The number of pyridine rings is 1. The molecule has 0 aliphatic rings. The molecule has 8 heteroatoms. The van der Waals surface area contributed by atoms with Gasteiger partial charge in [-0.2, -0.15) is 13.2 Å². The number of rotatable bonds is 4. The Morgan fingerprint density at radius 3 is 2.41 bits per heavy atom. The van der Waals surface area contributed by atoms with Crippen molar-refractivity contribution in [2.24, 2.45) is 0 Å². The standard InChI is InChI=1S/C21H16BrF3N2O2/c1-13-5-10-18(19(28)26-12-14-6-8-16(22)9-7-14)20(29)27(13)17-4-2-3-15(11-17)21(23,24)25/h2-11H,12H2,1H3,(H,26,28). The van der Waals surface area contributed by atoms with E-state index in [0.29, 0.717) is 5.69 Å². The zero-order chi connectivity index (χ0) is 21.2. The van der Waals surface area contributed by atoms with Crippen molar-refractivity contribution in [2.75, 3.05) is 0 Å². The van der Waals surface area contributed by atoms with Crippen LogP contribution in [0.25, 0.3) is 5.69 Å². The van der Waals surface area contributed by atoms with E-state index in [9.17, 15) is 22.8 Å². The molecule has 1 heterocycles. The minimum absolute atomic E-state index is 0.0462. The van der Waals surface area contributed by atoms with Gasteiger partial charge in [0.25, 0.3) is 11.5 Å². The second-order valence-corrected chi connectivity index (χ2v) is 7.30. The zero-order valence-corrected chi connectivity index (χ0v) is 16.8. The molecule has 0 spiro atoms. The number of benzene rings is 2. The number of carbonyl (C=O) groups excluding carboxylic acids is 1. The Balaban J connectivity index is 1.92. The number of alkyl halides is 3. The number of nitrogens with one attached hydrogen (secondary N) is 1. The lowest BCUT2D eigenvalue weighted by Gasteiger charge is -2.14. The van der Waals surface area contributed by atoms with Gasteiger partial charge in [-0.1, -0.05) is 34.1 Å². The summed E-state index contributed by atoms with van der Waals surface area (Å²) in [6.07, 6.45) is -4.53. The first-order valence-corrected chi connectivity index (χ1v) is 9.39. The number of nitrogens with zero attached hydrogens (tertiary/aromatic N) is 1. The highest BCUT2D eigenvalue weighted by Gasteiger charge is 2.30.